The molecule has 6 heteroatoms. The number of furan rings is 1. The van der Waals surface area contributed by atoms with Gasteiger partial charge in [0, 0.05) is 58.4 Å². The second-order valence-electron chi connectivity index (χ2n) is 14.3. The molecule has 8 aromatic carbocycles. The number of benzene rings is 8. The predicted octanol–water partition coefficient (Wildman–Crippen LogP) is 13.9. The second-order valence-corrected chi connectivity index (χ2v) is 15.4. The molecule has 0 saturated heterocycles. The first-order valence-corrected chi connectivity index (χ1v) is 19.8. The molecule has 0 unspecified atom stereocenters. The van der Waals surface area contributed by atoms with E-state index in [-0.39, 0.29) is 0 Å². The van der Waals surface area contributed by atoms with E-state index in [2.05, 4.69) is 126 Å². The fourth-order valence-corrected chi connectivity index (χ4v) is 9.71. The summed E-state index contributed by atoms with van der Waals surface area (Å²) in [6.07, 6.45) is 0. The van der Waals surface area contributed by atoms with Gasteiger partial charge in [-0.2, -0.15) is 0 Å². The molecule has 0 bridgehead atoms. The van der Waals surface area contributed by atoms with Gasteiger partial charge >= 0.3 is 0 Å². The van der Waals surface area contributed by atoms with Crippen molar-refractivity contribution >= 4 is 75.3 Å². The number of fused-ring (bicyclic) bond motifs is 9. The highest BCUT2D eigenvalue weighted by Gasteiger charge is 2.21. The molecule has 12 aromatic rings. The molecule has 0 N–H and O–H groups in total. The summed E-state index contributed by atoms with van der Waals surface area (Å²) in [5.74, 6) is 1.95. The summed E-state index contributed by atoms with van der Waals surface area (Å²) in [5.41, 5.74) is 10.3. The van der Waals surface area contributed by atoms with Gasteiger partial charge in [-0.3, -0.25) is 0 Å². The first-order chi connectivity index (χ1) is 28.3. The Morgan fingerprint density at radius 3 is 1.65 bits per heavy atom. The van der Waals surface area contributed by atoms with Gasteiger partial charge in [0.2, 0.25) is 0 Å². The van der Waals surface area contributed by atoms with Crippen molar-refractivity contribution in [1.29, 1.82) is 0 Å². The largest absolute Gasteiger partial charge is 0.454 e. The Bertz CT molecular complexity index is 3420. The zero-order chi connectivity index (χ0) is 37.5. The Balaban J connectivity index is 1.04. The molecule has 0 aliphatic carbocycles. The highest BCUT2D eigenvalue weighted by Crippen LogP contribution is 2.46. The normalized spacial score (nSPS) is 11.9. The standard InChI is InChI=1S/C51H30N4OS/c1-3-14-31(15-4-1)49-52-50(32-16-5-2-6-17-32)54-51(53-49)33-28-29-38-45(30-33)57-44-27-13-21-37(47(38)44)36-20-12-26-43-46(36)39-22-11-25-42(48(39)56-43)55-40-23-9-7-18-34(40)35-19-8-10-24-41(35)55/h1-30H. The van der Waals surface area contributed by atoms with Gasteiger partial charge in [-0.1, -0.05) is 146 Å². The SMILES string of the molecule is c1ccc(-c2nc(-c3ccccc3)nc(-c3ccc4c(c3)sc3cccc(-c5cccc6oc7c(-n8c9ccccc9c9ccccc98)cccc7c56)c34)n2)cc1. The molecule has 0 fully saturated rings. The fraction of sp³-hybridized carbons (Fsp3) is 0. The minimum Gasteiger partial charge on any atom is -0.454 e. The molecular formula is C51H30N4OS. The third-order valence-corrected chi connectivity index (χ3v) is 12.2. The third-order valence-electron chi connectivity index (χ3n) is 11.1. The molecule has 4 heterocycles. The van der Waals surface area contributed by atoms with Crippen LogP contribution in [0, 0.1) is 0 Å². The highest BCUT2D eigenvalue weighted by atomic mass is 32.1. The summed E-state index contributed by atoms with van der Waals surface area (Å²) in [5, 5.41) is 7.10. The van der Waals surface area contributed by atoms with Gasteiger partial charge in [0.15, 0.2) is 23.1 Å². The van der Waals surface area contributed by atoms with Crippen molar-refractivity contribution in [2.45, 2.75) is 0 Å². The quantitative estimate of drug-likeness (QED) is 0.176. The van der Waals surface area contributed by atoms with Crippen LogP contribution in [-0.2, 0) is 0 Å². The molecule has 266 valence electrons. The molecule has 57 heavy (non-hydrogen) atoms. The lowest BCUT2D eigenvalue weighted by atomic mass is 9.95. The lowest BCUT2D eigenvalue weighted by Gasteiger charge is -2.09. The van der Waals surface area contributed by atoms with Crippen LogP contribution in [0.1, 0.15) is 0 Å². The summed E-state index contributed by atoms with van der Waals surface area (Å²) in [4.78, 5) is 14.9. The van der Waals surface area contributed by atoms with E-state index >= 15 is 0 Å². The number of para-hydroxylation sites is 3. The van der Waals surface area contributed by atoms with Crippen molar-refractivity contribution in [2.75, 3.05) is 0 Å². The van der Waals surface area contributed by atoms with E-state index in [1.165, 1.54) is 36.5 Å². The highest BCUT2D eigenvalue weighted by molar-refractivity contribution is 7.26. The minimum absolute atomic E-state index is 0.649. The van der Waals surface area contributed by atoms with Crippen LogP contribution < -0.4 is 0 Å². The molecule has 0 atom stereocenters. The van der Waals surface area contributed by atoms with Crippen molar-refractivity contribution in [3.8, 4) is 51.0 Å². The molecule has 0 aliphatic heterocycles. The molecule has 0 radical (unpaired) electrons. The van der Waals surface area contributed by atoms with Crippen LogP contribution in [0.15, 0.2) is 186 Å². The number of nitrogens with zero attached hydrogens (tertiary/aromatic N) is 4. The third kappa shape index (κ3) is 4.98. The van der Waals surface area contributed by atoms with E-state index in [0.717, 1.165) is 60.9 Å². The minimum atomic E-state index is 0.649. The number of aromatic nitrogens is 4. The summed E-state index contributed by atoms with van der Waals surface area (Å²) in [6, 6.07) is 63.7. The van der Waals surface area contributed by atoms with E-state index < -0.39 is 0 Å². The van der Waals surface area contributed by atoms with Crippen LogP contribution in [0.25, 0.3) is 115 Å². The topological polar surface area (TPSA) is 56.7 Å². The number of hydrogen-bond donors (Lipinski definition) is 0. The first kappa shape index (κ1) is 31.9. The number of hydrogen-bond acceptors (Lipinski definition) is 5. The average molecular weight is 747 g/mol. The molecular weight excluding hydrogens is 717 g/mol. The zero-order valence-electron chi connectivity index (χ0n) is 30.4. The van der Waals surface area contributed by atoms with Crippen LogP contribution in [0.3, 0.4) is 0 Å². The van der Waals surface area contributed by atoms with Crippen molar-refractivity contribution in [2.24, 2.45) is 0 Å². The van der Waals surface area contributed by atoms with Crippen molar-refractivity contribution < 1.29 is 4.42 Å². The van der Waals surface area contributed by atoms with Crippen LogP contribution in [0.4, 0.5) is 0 Å². The lowest BCUT2D eigenvalue weighted by molar-refractivity contribution is 0.666. The molecule has 0 saturated carbocycles. The van der Waals surface area contributed by atoms with E-state index in [0.29, 0.717) is 17.5 Å². The maximum Gasteiger partial charge on any atom is 0.164 e. The Morgan fingerprint density at radius 2 is 0.965 bits per heavy atom. The predicted molar refractivity (Wildman–Crippen MR) is 236 cm³/mol. The van der Waals surface area contributed by atoms with Gasteiger partial charge in [0.25, 0.3) is 0 Å². The Kier molecular flexibility index (Phi) is 7.03. The first-order valence-electron chi connectivity index (χ1n) is 19.0. The van der Waals surface area contributed by atoms with Gasteiger partial charge in [-0.15, -0.1) is 11.3 Å². The van der Waals surface area contributed by atoms with Crippen LogP contribution in [0.5, 0.6) is 0 Å². The Labute approximate surface area is 330 Å². The van der Waals surface area contributed by atoms with Gasteiger partial charge in [-0.25, -0.2) is 15.0 Å². The lowest BCUT2D eigenvalue weighted by Crippen LogP contribution is -1.99. The van der Waals surface area contributed by atoms with Crippen LogP contribution in [0.2, 0.25) is 0 Å². The molecule has 0 amide bonds. The van der Waals surface area contributed by atoms with Crippen molar-refractivity contribution in [3.63, 3.8) is 0 Å². The molecule has 4 aromatic heterocycles. The molecule has 0 spiro atoms. The Hall–Kier alpha value is -7.41. The molecule has 0 aliphatic rings. The van der Waals surface area contributed by atoms with Gasteiger partial charge in [0.1, 0.15) is 5.58 Å². The van der Waals surface area contributed by atoms with E-state index in [1.54, 1.807) is 11.3 Å². The maximum atomic E-state index is 6.86. The van der Waals surface area contributed by atoms with E-state index in [9.17, 15) is 0 Å². The summed E-state index contributed by atoms with van der Waals surface area (Å²) in [7, 11) is 0. The summed E-state index contributed by atoms with van der Waals surface area (Å²) in [6.45, 7) is 0. The average Bonchev–Trinajstić information content (AvgIpc) is 3.96. The number of rotatable bonds is 5. The van der Waals surface area contributed by atoms with E-state index in [1.807, 2.05) is 60.7 Å². The summed E-state index contributed by atoms with van der Waals surface area (Å²) < 4.78 is 11.6. The zero-order valence-corrected chi connectivity index (χ0v) is 31.2. The smallest absolute Gasteiger partial charge is 0.164 e. The summed E-state index contributed by atoms with van der Waals surface area (Å²) >= 11 is 1.80. The number of thiophene rings is 1. The second kappa shape index (κ2) is 12.6. The van der Waals surface area contributed by atoms with E-state index in [4.69, 9.17) is 19.4 Å². The van der Waals surface area contributed by atoms with Gasteiger partial charge in [0.05, 0.1) is 16.7 Å². The molecule has 5 nitrogen and oxygen atoms in total. The van der Waals surface area contributed by atoms with Crippen LogP contribution >= 0.6 is 11.3 Å². The molecule has 12 rings (SSSR count). The monoisotopic (exact) mass is 746 g/mol. The van der Waals surface area contributed by atoms with Gasteiger partial charge in [-0.05, 0) is 47.5 Å². The fourth-order valence-electron chi connectivity index (χ4n) is 8.54. The van der Waals surface area contributed by atoms with Gasteiger partial charge < -0.3 is 8.98 Å². The Morgan fingerprint density at radius 1 is 0.404 bits per heavy atom. The maximum absolute atomic E-state index is 6.86. The van der Waals surface area contributed by atoms with Crippen molar-refractivity contribution in [1.82, 2.24) is 19.5 Å². The van der Waals surface area contributed by atoms with Crippen molar-refractivity contribution in [3.05, 3.63) is 182 Å². The van der Waals surface area contributed by atoms with Crippen LogP contribution in [-0.4, -0.2) is 19.5 Å².